The summed E-state index contributed by atoms with van der Waals surface area (Å²) >= 11 is 0. The number of unbranched alkanes of at least 4 members (excludes halogenated alkanes) is 3. The number of methoxy groups -OCH3 is 1. The fraction of sp³-hybridized carbons (Fsp3) is 0.321. The molecule has 0 bridgehead atoms. The normalized spacial score (nSPS) is 11.8. The Hall–Kier alpha value is -2.91. The minimum absolute atomic E-state index is 0.0701. The molecule has 0 aliphatic heterocycles. The Balaban J connectivity index is 1.66. The largest absolute Gasteiger partial charge is 0.423 e. The van der Waals surface area contributed by atoms with Gasteiger partial charge in [0, 0.05) is 7.11 Å². The van der Waals surface area contributed by atoms with Crippen molar-refractivity contribution in [2.75, 3.05) is 7.11 Å². The van der Waals surface area contributed by atoms with Crippen LogP contribution in [0.15, 0.2) is 72.8 Å². The summed E-state index contributed by atoms with van der Waals surface area (Å²) in [5.41, 5.74) is 4.94. The number of benzene rings is 3. The molecule has 1 atom stereocenters. The molecule has 3 nitrogen and oxygen atoms in total. The van der Waals surface area contributed by atoms with E-state index in [1.54, 1.807) is 7.11 Å². The molecule has 3 aromatic carbocycles. The lowest BCUT2D eigenvalue weighted by atomic mass is 10.0. The minimum atomic E-state index is -0.322. The second kappa shape index (κ2) is 11.5. The Morgan fingerprint density at radius 2 is 1.48 bits per heavy atom. The van der Waals surface area contributed by atoms with Crippen molar-refractivity contribution in [2.24, 2.45) is 0 Å². The second-order valence-corrected chi connectivity index (χ2v) is 7.89. The molecule has 3 rings (SSSR count). The Morgan fingerprint density at radius 3 is 2.13 bits per heavy atom. The number of rotatable bonds is 10. The van der Waals surface area contributed by atoms with Gasteiger partial charge in [0.15, 0.2) is 0 Å². The molecule has 3 heteroatoms. The fourth-order valence-corrected chi connectivity index (χ4v) is 3.59. The number of aryl methyl sites for hydroxylation is 1. The highest BCUT2D eigenvalue weighted by molar-refractivity contribution is 5.91. The van der Waals surface area contributed by atoms with Crippen LogP contribution in [0.5, 0.6) is 5.75 Å². The van der Waals surface area contributed by atoms with E-state index in [9.17, 15) is 4.79 Å². The van der Waals surface area contributed by atoms with Gasteiger partial charge in [-0.3, -0.25) is 0 Å². The molecule has 0 aromatic heterocycles. The van der Waals surface area contributed by atoms with Crippen molar-refractivity contribution in [3.8, 4) is 16.9 Å². The monoisotopic (exact) mass is 416 g/mol. The zero-order valence-electron chi connectivity index (χ0n) is 18.8. The lowest BCUT2D eigenvalue weighted by molar-refractivity contribution is 0.0733. The van der Waals surface area contributed by atoms with Crippen molar-refractivity contribution in [1.29, 1.82) is 0 Å². The summed E-state index contributed by atoms with van der Waals surface area (Å²) in [4.78, 5) is 12.7. The molecule has 0 amide bonds. The van der Waals surface area contributed by atoms with Gasteiger partial charge in [-0.1, -0.05) is 80.8 Å². The van der Waals surface area contributed by atoms with Crippen molar-refractivity contribution in [1.82, 2.24) is 0 Å². The molecule has 0 saturated heterocycles. The van der Waals surface area contributed by atoms with Gasteiger partial charge in [0.1, 0.15) is 5.75 Å². The molecule has 162 valence electrons. The maximum absolute atomic E-state index is 12.7. The third-order valence-corrected chi connectivity index (χ3v) is 5.66. The summed E-state index contributed by atoms with van der Waals surface area (Å²) in [6.07, 6.45) is 5.76. The zero-order chi connectivity index (χ0) is 22.1. The third-order valence-electron chi connectivity index (χ3n) is 5.66. The lowest BCUT2D eigenvalue weighted by Gasteiger charge is -2.11. The van der Waals surface area contributed by atoms with Gasteiger partial charge in [0.05, 0.1) is 11.7 Å². The molecule has 1 unspecified atom stereocenters. The minimum Gasteiger partial charge on any atom is -0.423 e. The fourth-order valence-electron chi connectivity index (χ4n) is 3.59. The Morgan fingerprint density at radius 1 is 0.839 bits per heavy atom. The maximum atomic E-state index is 12.7. The number of hydrogen-bond acceptors (Lipinski definition) is 3. The molecule has 0 heterocycles. The molecular weight excluding hydrogens is 384 g/mol. The van der Waals surface area contributed by atoms with Gasteiger partial charge in [-0.05, 0) is 60.2 Å². The van der Waals surface area contributed by atoms with Crippen LogP contribution in [0.4, 0.5) is 0 Å². The van der Waals surface area contributed by atoms with Crippen LogP contribution in [-0.2, 0) is 11.2 Å². The van der Waals surface area contributed by atoms with E-state index < -0.39 is 0 Å². The number of esters is 1. The van der Waals surface area contributed by atoms with Gasteiger partial charge in [-0.2, -0.15) is 0 Å². The average molecular weight is 417 g/mol. The van der Waals surface area contributed by atoms with Crippen LogP contribution in [0.1, 0.15) is 67.1 Å². The molecule has 0 radical (unpaired) electrons. The number of carbonyl (C=O) groups is 1. The summed E-state index contributed by atoms with van der Waals surface area (Å²) in [7, 11) is 1.71. The van der Waals surface area contributed by atoms with Crippen LogP contribution in [0.3, 0.4) is 0 Å². The summed E-state index contributed by atoms with van der Waals surface area (Å²) in [6, 6.07) is 23.7. The van der Waals surface area contributed by atoms with Gasteiger partial charge < -0.3 is 9.47 Å². The predicted molar refractivity (Wildman–Crippen MR) is 127 cm³/mol. The molecule has 0 fully saturated rings. The second-order valence-electron chi connectivity index (χ2n) is 7.89. The first-order valence-electron chi connectivity index (χ1n) is 11.2. The van der Waals surface area contributed by atoms with E-state index >= 15 is 0 Å². The van der Waals surface area contributed by atoms with E-state index in [0.717, 1.165) is 35.1 Å². The van der Waals surface area contributed by atoms with Crippen LogP contribution in [-0.4, -0.2) is 13.1 Å². The van der Waals surface area contributed by atoms with E-state index in [4.69, 9.17) is 9.47 Å². The van der Waals surface area contributed by atoms with E-state index in [1.165, 1.54) is 19.3 Å². The predicted octanol–water partition coefficient (Wildman–Crippen LogP) is 7.40. The van der Waals surface area contributed by atoms with Crippen LogP contribution < -0.4 is 4.74 Å². The first-order chi connectivity index (χ1) is 15.1. The molecular formula is C28H32O3. The molecule has 31 heavy (non-hydrogen) atoms. The molecule has 3 aromatic rings. The summed E-state index contributed by atoms with van der Waals surface area (Å²) < 4.78 is 11.1. The smallest absolute Gasteiger partial charge is 0.343 e. The topological polar surface area (TPSA) is 35.5 Å². The van der Waals surface area contributed by atoms with Gasteiger partial charge in [0.2, 0.25) is 0 Å². The lowest BCUT2D eigenvalue weighted by Crippen LogP contribution is -2.09. The standard InChI is InChI=1S/C28H32O3/c1-4-5-6-7-10-25-11-8-9-12-27(25)31-28(29)26-19-17-24(18-20-26)23-15-13-22(14-16-23)21(2)30-3/h8-9,11-21H,4-7,10H2,1-3H3. The highest BCUT2D eigenvalue weighted by atomic mass is 16.5. The third kappa shape index (κ3) is 6.28. The van der Waals surface area contributed by atoms with E-state index in [2.05, 4.69) is 31.2 Å². The van der Waals surface area contributed by atoms with Crippen molar-refractivity contribution < 1.29 is 14.3 Å². The van der Waals surface area contributed by atoms with E-state index in [1.807, 2.05) is 55.5 Å². The number of hydrogen-bond donors (Lipinski definition) is 0. The van der Waals surface area contributed by atoms with Gasteiger partial charge in [-0.25, -0.2) is 4.79 Å². The van der Waals surface area contributed by atoms with E-state index in [-0.39, 0.29) is 12.1 Å². The molecule has 0 spiro atoms. The Kier molecular flexibility index (Phi) is 8.43. The summed E-state index contributed by atoms with van der Waals surface area (Å²) in [5, 5.41) is 0. The Labute approximate surface area is 186 Å². The van der Waals surface area contributed by atoms with Gasteiger partial charge in [0.25, 0.3) is 0 Å². The average Bonchev–Trinajstić information content (AvgIpc) is 2.82. The van der Waals surface area contributed by atoms with Crippen LogP contribution in [0.25, 0.3) is 11.1 Å². The SMILES string of the molecule is CCCCCCc1ccccc1OC(=O)c1ccc(-c2ccc(C(C)OC)cc2)cc1. The van der Waals surface area contributed by atoms with Crippen LogP contribution in [0, 0.1) is 0 Å². The number of para-hydroxylation sites is 1. The number of ether oxygens (including phenoxy) is 2. The van der Waals surface area contributed by atoms with Crippen LogP contribution in [0.2, 0.25) is 0 Å². The highest BCUT2D eigenvalue weighted by Gasteiger charge is 2.12. The summed E-state index contributed by atoms with van der Waals surface area (Å²) in [6.45, 7) is 4.23. The molecule has 0 N–H and O–H groups in total. The Bertz CT molecular complexity index is 958. The number of carbonyl (C=O) groups excluding carboxylic acids is 1. The van der Waals surface area contributed by atoms with Crippen LogP contribution >= 0.6 is 0 Å². The maximum Gasteiger partial charge on any atom is 0.343 e. The van der Waals surface area contributed by atoms with Crippen molar-refractivity contribution in [2.45, 2.75) is 52.1 Å². The quantitative estimate of drug-likeness (QED) is 0.196. The van der Waals surface area contributed by atoms with Crippen molar-refractivity contribution in [3.05, 3.63) is 89.5 Å². The highest BCUT2D eigenvalue weighted by Crippen LogP contribution is 2.25. The first kappa shape index (κ1) is 22.8. The first-order valence-corrected chi connectivity index (χ1v) is 11.2. The molecule has 0 aliphatic carbocycles. The molecule has 0 saturated carbocycles. The van der Waals surface area contributed by atoms with Gasteiger partial charge in [-0.15, -0.1) is 0 Å². The summed E-state index contributed by atoms with van der Waals surface area (Å²) in [5.74, 6) is 0.341. The van der Waals surface area contributed by atoms with E-state index in [0.29, 0.717) is 11.3 Å². The van der Waals surface area contributed by atoms with Gasteiger partial charge >= 0.3 is 5.97 Å². The van der Waals surface area contributed by atoms with Crippen molar-refractivity contribution >= 4 is 5.97 Å². The van der Waals surface area contributed by atoms with Crippen molar-refractivity contribution in [3.63, 3.8) is 0 Å². The zero-order valence-corrected chi connectivity index (χ0v) is 18.8. The molecule has 0 aliphatic rings.